The lowest BCUT2D eigenvalue weighted by molar-refractivity contribution is 0.723. The van der Waals surface area contributed by atoms with Crippen molar-refractivity contribution in [1.82, 2.24) is 0 Å². The van der Waals surface area contributed by atoms with E-state index in [2.05, 4.69) is 6.92 Å². The summed E-state index contributed by atoms with van der Waals surface area (Å²) in [5.74, 6) is 3.83. The molecule has 0 atom stereocenters. The quantitative estimate of drug-likeness (QED) is 0.431. The molecule has 1 heterocycles. The second-order valence-electron chi connectivity index (χ2n) is 1.64. The van der Waals surface area contributed by atoms with Gasteiger partial charge in [0, 0.05) is 0 Å². The zero-order valence-electron chi connectivity index (χ0n) is 3.40. The molecule has 1 aliphatic heterocycles. The van der Waals surface area contributed by atoms with Gasteiger partial charge < -0.3 is 0 Å². The maximum absolute atomic E-state index is 2.29. The summed E-state index contributed by atoms with van der Waals surface area (Å²) < 4.78 is 0. The molecule has 30 valence electrons. The van der Waals surface area contributed by atoms with E-state index in [1.165, 1.54) is 11.5 Å². The average molecular weight is 88.2 g/mol. The summed E-state index contributed by atoms with van der Waals surface area (Å²) >= 11 is 2.05. The third-order valence-electron chi connectivity index (χ3n) is 0.805. The molecule has 0 amide bonds. The maximum atomic E-state index is 2.29. The van der Waals surface area contributed by atoms with Crippen molar-refractivity contribution in [2.45, 2.75) is 6.92 Å². The van der Waals surface area contributed by atoms with E-state index in [4.69, 9.17) is 0 Å². The lowest BCUT2D eigenvalue weighted by atomic mass is 10.2. The van der Waals surface area contributed by atoms with Crippen LogP contribution in [0.2, 0.25) is 0 Å². The van der Waals surface area contributed by atoms with Gasteiger partial charge in [0.2, 0.25) is 0 Å². The SMILES string of the molecule is CC1CSC1. The molecule has 0 N–H and O–H groups in total. The molecular formula is C4H8S. The summed E-state index contributed by atoms with van der Waals surface area (Å²) in [5.41, 5.74) is 0. The minimum Gasteiger partial charge on any atom is -0.161 e. The average Bonchev–Trinajstić information content (AvgIpc) is 1.30. The lowest BCUT2D eigenvalue weighted by Gasteiger charge is -2.18. The molecule has 0 bridgehead atoms. The first kappa shape index (κ1) is 3.54. The van der Waals surface area contributed by atoms with Crippen LogP contribution in [0.15, 0.2) is 0 Å². The fraction of sp³-hybridized carbons (Fsp3) is 1.00. The van der Waals surface area contributed by atoms with Gasteiger partial charge in [0.05, 0.1) is 0 Å². The zero-order chi connectivity index (χ0) is 3.70. The maximum Gasteiger partial charge on any atom is -0.00338 e. The van der Waals surface area contributed by atoms with Crippen LogP contribution in [-0.2, 0) is 0 Å². The molecule has 1 aliphatic rings. The number of hydrogen-bond donors (Lipinski definition) is 0. The third-order valence-corrected chi connectivity index (χ3v) is 2.41. The highest BCUT2D eigenvalue weighted by molar-refractivity contribution is 8.00. The topological polar surface area (TPSA) is 0 Å². The predicted molar refractivity (Wildman–Crippen MR) is 26.5 cm³/mol. The normalized spacial score (nSPS) is 25.8. The molecule has 0 saturated carbocycles. The minimum absolute atomic E-state index is 1.03. The van der Waals surface area contributed by atoms with Crippen LogP contribution in [0.25, 0.3) is 0 Å². The van der Waals surface area contributed by atoms with E-state index in [-0.39, 0.29) is 0 Å². The Labute approximate surface area is 37.0 Å². The van der Waals surface area contributed by atoms with Gasteiger partial charge in [-0.15, -0.1) is 0 Å². The van der Waals surface area contributed by atoms with Crippen LogP contribution in [0, 0.1) is 5.92 Å². The smallest absolute Gasteiger partial charge is 0.00338 e. The van der Waals surface area contributed by atoms with Crippen LogP contribution in [0.4, 0.5) is 0 Å². The Morgan fingerprint density at radius 2 is 2.00 bits per heavy atom. The monoisotopic (exact) mass is 88.0 g/mol. The van der Waals surface area contributed by atoms with Crippen molar-refractivity contribution in [3.63, 3.8) is 0 Å². The van der Waals surface area contributed by atoms with Crippen LogP contribution in [0.3, 0.4) is 0 Å². The predicted octanol–water partition coefficient (Wildman–Crippen LogP) is 1.37. The van der Waals surface area contributed by atoms with Crippen molar-refractivity contribution >= 4 is 11.8 Å². The summed E-state index contributed by atoms with van der Waals surface area (Å²) in [6.07, 6.45) is 0. The van der Waals surface area contributed by atoms with Crippen LogP contribution in [0.5, 0.6) is 0 Å². The van der Waals surface area contributed by atoms with Crippen molar-refractivity contribution < 1.29 is 0 Å². The lowest BCUT2D eigenvalue weighted by Crippen LogP contribution is -2.12. The van der Waals surface area contributed by atoms with Crippen LogP contribution >= 0.6 is 11.8 Å². The first-order valence-electron chi connectivity index (χ1n) is 1.97. The van der Waals surface area contributed by atoms with Crippen molar-refractivity contribution in [2.24, 2.45) is 5.92 Å². The van der Waals surface area contributed by atoms with Crippen LogP contribution in [-0.4, -0.2) is 11.5 Å². The molecule has 0 spiro atoms. The van der Waals surface area contributed by atoms with Crippen molar-refractivity contribution in [3.8, 4) is 0 Å². The Kier molecular flexibility index (Phi) is 0.856. The number of thioether (sulfide) groups is 1. The molecule has 0 aromatic heterocycles. The molecule has 1 fully saturated rings. The molecule has 1 heteroatoms. The summed E-state index contributed by atoms with van der Waals surface area (Å²) in [5, 5.41) is 0. The van der Waals surface area contributed by atoms with Gasteiger partial charge in [-0.05, 0) is 17.4 Å². The highest BCUT2D eigenvalue weighted by atomic mass is 32.2. The molecule has 0 radical (unpaired) electrons. The largest absolute Gasteiger partial charge is 0.161 e. The number of rotatable bonds is 0. The minimum atomic E-state index is 1.03. The van der Waals surface area contributed by atoms with E-state index >= 15 is 0 Å². The first-order valence-corrected chi connectivity index (χ1v) is 3.13. The van der Waals surface area contributed by atoms with Crippen molar-refractivity contribution in [3.05, 3.63) is 0 Å². The van der Waals surface area contributed by atoms with Crippen LogP contribution in [0.1, 0.15) is 6.92 Å². The van der Waals surface area contributed by atoms with E-state index in [9.17, 15) is 0 Å². The van der Waals surface area contributed by atoms with Gasteiger partial charge in [0.1, 0.15) is 0 Å². The second kappa shape index (κ2) is 1.21. The van der Waals surface area contributed by atoms with Gasteiger partial charge in [-0.25, -0.2) is 0 Å². The number of hydrogen-bond acceptors (Lipinski definition) is 1. The molecule has 1 saturated heterocycles. The van der Waals surface area contributed by atoms with Crippen molar-refractivity contribution in [1.29, 1.82) is 0 Å². The van der Waals surface area contributed by atoms with Crippen molar-refractivity contribution in [2.75, 3.05) is 11.5 Å². The van der Waals surface area contributed by atoms with E-state index in [0.717, 1.165) is 5.92 Å². The fourth-order valence-electron chi connectivity index (χ4n) is 0.354. The first-order chi connectivity index (χ1) is 2.39. The molecule has 0 nitrogen and oxygen atoms in total. The Hall–Kier alpha value is 0.350. The molecule has 0 aromatic carbocycles. The molecule has 0 aliphatic carbocycles. The molecular weight excluding hydrogens is 80.1 g/mol. The Bertz CT molecular complexity index is 30.6. The van der Waals surface area contributed by atoms with Gasteiger partial charge in [-0.1, -0.05) is 6.92 Å². The highest BCUT2D eigenvalue weighted by Crippen LogP contribution is 2.22. The Morgan fingerprint density at radius 3 is 2.00 bits per heavy atom. The molecule has 0 unspecified atom stereocenters. The fourth-order valence-corrected chi connectivity index (χ4v) is 1.06. The summed E-state index contributed by atoms with van der Waals surface area (Å²) in [7, 11) is 0. The standard InChI is InChI=1S/C4H8S/c1-4-2-5-3-4/h4H,2-3H2,1H3. The molecule has 5 heavy (non-hydrogen) atoms. The van der Waals surface area contributed by atoms with E-state index < -0.39 is 0 Å². The van der Waals surface area contributed by atoms with Gasteiger partial charge in [0.25, 0.3) is 0 Å². The summed E-state index contributed by atoms with van der Waals surface area (Å²) in [6, 6.07) is 0. The Balaban J connectivity index is 2.08. The van der Waals surface area contributed by atoms with E-state index in [0.29, 0.717) is 0 Å². The highest BCUT2D eigenvalue weighted by Gasteiger charge is 2.09. The second-order valence-corrected chi connectivity index (χ2v) is 2.72. The van der Waals surface area contributed by atoms with Gasteiger partial charge in [-0.3, -0.25) is 0 Å². The van der Waals surface area contributed by atoms with E-state index in [1.807, 2.05) is 11.8 Å². The van der Waals surface area contributed by atoms with E-state index in [1.54, 1.807) is 0 Å². The van der Waals surface area contributed by atoms with Gasteiger partial charge in [-0.2, -0.15) is 11.8 Å². The van der Waals surface area contributed by atoms with Crippen LogP contribution < -0.4 is 0 Å². The van der Waals surface area contributed by atoms with Gasteiger partial charge >= 0.3 is 0 Å². The molecule has 0 aromatic rings. The summed E-state index contributed by atoms with van der Waals surface area (Å²) in [6.45, 7) is 2.29. The summed E-state index contributed by atoms with van der Waals surface area (Å²) in [4.78, 5) is 0. The molecule has 1 rings (SSSR count). The third kappa shape index (κ3) is 0.596. The zero-order valence-corrected chi connectivity index (χ0v) is 4.22. The Morgan fingerprint density at radius 1 is 1.60 bits per heavy atom. The van der Waals surface area contributed by atoms with Gasteiger partial charge in [0.15, 0.2) is 0 Å².